The second-order valence-corrected chi connectivity index (χ2v) is 6.50. The lowest BCUT2D eigenvalue weighted by Gasteiger charge is -2.34. The molecule has 0 saturated heterocycles. The highest BCUT2D eigenvalue weighted by Crippen LogP contribution is 2.36. The van der Waals surface area contributed by atoms with Crippen LogP contribution in [0.3, 0.4) is 0 Å². The highest BCUT2D eigenvalue weighted by molar-refractivity contribution is 5.78. The van der Waals surface area contributed by atoms with Crippen LogP contribution < -0.4 is 5.73 Å². The normalized spacial score (nSPS) is 20.4. The number of esters is 1. The third-order valence-corrected chi connectivity index (χ3v) is 4.29. The number of carbonyl (C=O) groups is 1. The Labute approximate surface area is 121 Å². The van der Waals surface area contributed by atoms with Gasteiger partial charge in [0, 0.05) is 6.54 Å². The highest BCUT2D eigenvalue weighted by atomic mass is 16.5. The maximum Gasteiger partial charge on any atom is 0.314 e. The second-order valence-electron chi connectivity index (χ2n) is 6.50. The summed E-state index contributed by atoms with van der Waals surface area (Å²) in [6.45, 7) is 4.84. The number of carbonyl (C=O) groups excluding carboxylic acids is 1. The predicted molar refractivity (Wildman–Crippen MR) is 80.4 cm³/mol. The van der Waals surface area contributed by atoms with Gasteiger partial charge in [0.05, 0.1) is 5.92 Å². The van der Waals surface area contributed by atoms with Crippen LogP contribution >= 0.6 is 0 Å². The zero-order chi connectivity index (χ0) is 14.6. The van der Waals surface area contributed by atoms with Crippen molar-refractivity contribution in [1.29, 1.82) is 0 Å². The van der Waals surface area contributed by atoms with Crippen LogP contribution in [0.15, 0.2) is 30.3 Å². The first-order valence-electron chi connectivity index (χ1n) is 7.47. The van der Waals surface area contributed by atoms with E-state index in [0.717, 1.165) is 31.2 Å². The van der Waals surface area contributed by atoms with Crippen molar-refractivity contribution in [2.75, 3.05) is 6.54 Å². The van der Waals surface area contributed by atoms with Crippen molar-refractivity contribution in [2.24, 2.45) is 11.1 Å². The van der Waals surface area contributed by atoms with E-state index < -0.39 is 0 Å². The van der Waals surface area contributed by atoms with E-state index in [1.54, 1.807) is 0 Å². The van der Waals surface area contributed by atoms with Crippen LogP contribution in [0.5, 0.6) is 0 Å². The van der Waals surface area contributed by atoms with Gasteiger partial charge in [-0.05, 0) is 36.7 Å². The van der Waals surface area contributed by atoms with E-state index in [1.807, 2.05) is 30.3 Å². The van der Waals surface area contributed by atoms with E-state index in [1.165, 1.54) is 0 Å². The number of hydrogen-bond donors (Lipinski definition) is 1. The van der Waals surface area contributed by atoms with Gasteiger partial charge in [-0.1, -0.05) is 44.2 Å². The number of nitrogens with two attached hydrogens (primary N) is 1. The van der Waals surface area contributed by atoms with Gasteiger partial charge in [0.25, 0.3) is 0 Å². The molecule has 0 aromatic heterocycles. The second kappa shape index (κ2) is 6.40. The summed E-state index contributed by atoms with van der Waals surface area (Å²) in [6.07, 6.45) is 4.22. The molecule has 20 heavy (non-hydrogen) atoms. The number of ether oxygens (including phenoxy) is 1. The Morgan fingerprint density at radius 1 is 1.30 bits per heavy atom. The monoisotopic (exact) mass is 275 g/mol. The summed E-state index contributed by atoms with van der Waals surface area (Å²) in [5, 5.41) is 0. The quantitative estimate of drug-likeness (QED) is 0.858. The summed E-state index contributed by atoms with van der Waals surface area (Å²) < 4.78 is 5.67. The molecule has 0 spiro atoms. The molecule has 110 valence electrons. The lowest BCUT2D eigenvalue weighted by Crippen LogP contribution is -2.32. The van der Waals surface area contributed by atoms with Crippen LogP contribution in [-0.4, -0.2) is 18.6 Å². The summed E-state index contributed by atoms with van der Waals surface area (Å²) in [6, 6.07) is 9.65. The Kier molecular flexibility index (Phi) is 4.81. The molecule has 2 rings (SSSR count). The van der Waals surface area contributed by atoms with Gasteiger partial charge < -0.3 is 10.5 Å². The summed E-state index contributed by atoms with van der Waals surface area (Å²) in [5.41, 5.74) is 7.08. The molecule has 2 N–H and O–H groups in total. The Hall–Kier alpha value is -1.35. The fraction of sp³-hybridized carbons (Fsp3) is 0.588. The molecule has 0 radical (unpaired) electrons. The minimum atomic E-state index is -0.342. The van der Waals surface area contributed by atoms with Crippen LogP contribution in [0, 0.1) is 5.41 Å². The van der Waals surface area contributed by atoms with Gasteiger partial charge in [0.2, 0.25) is 0 Å². The zero-order valence-electron chi connectivity index (χ0n) is 12.5. The molecule has 1 aliphatic carbocycles. The van der Waals surface area contributed by atoms with Gasteiger partial charge in [0.1, 0.15) is 6.10 Å². The first kappa shape index (κ1) is 15.0. The standard InChI is InChI=1S/C17H25NO2/c1-17(2)10-8-14(9-11-17)20-16(19)15(12-18)13-6-4-3-5-7-13/h3-7,14-15H,8-12,18H2,1-2H3. The Morgan fingerprint density at radius 2 is 1.90 bits per heavy atom. The van der Waals surface area contributed by atoms with Crippen LogP contribution in [0.4, 0.5) is 0 Å². The molecule has 1 atom stereocenters. The molecule has 0 bridgehead atoms. The molecular weight excluding hydrogens is 250 g/mol. The lowest BCUT2D eigenvalue weighted by atomic mass is 9.76. The van der Waals surface area contributed by atoms with Crippen molar-refractivity contribution in [1.82, 2.24) is 0 Å². The van der Waals surface area contributed by atoms with Gasteiger partial charge in [-0.2, -0.15) is 0 Å². The Balaban J connectivity index is 1.94. The highest BCUT2D eigenvalue weighted by Gasteiger charge is 2.30. The molecule has 0 heterocycles. The minimum Gasteiger partial charge on any atom is -0.462 e. The summed E-state index contributed by atoms with van der Waals surface area (Å²) in [5.74, 6) is -0.519. The Morgan fingerprint density at radius 3 is 2.45 bits per heavy atom. The van der Waals surface area contributed by atoms with E-state index >= 15 is 0 Å². The van der Waals surface area contributed by atoms with E-state index in [0.29, 0.717) is 12.0 Å². The average molecular weight is 275 g/mol. The summed E-state index contributed by atoms with van der Waals surface area (Å²) >= 11 is 0. The van der Waals surface area contributed by atoms with E-state index in [2.05, 4.69) is 13.8 Å². The molecule has 3 nitrogen and oxygen atoms in total. The SMILES string of the molecule is CC1(C)CCC(OC(=O)C(CN)c2ccccc2)CC1. The first-order chi connectivity index (χ1) is 9.52. The summed E-state index contributed by atoms with van der Waals surface area (Å²) in [7, 11) is 0. The molecule has 1 aromatic carbocycles. The topological polar surface area (TPSA) is 52.3 Å². The first-order valence-corrected chi connectivity index (χ1v) is 7.47. The smallest absolute Gasteiger partial charge is 0.314 e. The molecule has 1 unspecified atom stereocenters. The molecule has 1 fully saturated rings. The van der Waals surface area contributed by atoms with Gasteiger partial charge in [-0.3, -0.25) is 4.79 Å². The maximum atomic E-state index is 12.3. The van der Waals surface area contributed by atoms with Gasteiger partial charge in [-0.25, -0.2) is 0 Å². The largest absolute Gasteiger partial charge is 0.462 e. The van der Waals surface area contributed by atoms with Crippen LogP contribution in [-0.2, 0) is 9.53 Å². The predicted octanol–water partition coefficient (Wildman–Crippen LogP) is 3.24. The average Bonchev–Trinajstić information content (AvgIpc) is 2.43. The fourth-order valence-electron chi connectivity index (χ4n) is 2.79. The van der Waals surface area contributed by atoms with Crippen molar-refractivity contribution < 1.29 is 9.53 Å². The maximum absolute atomic E-state index is 12.3. The van der Waals surface area contributed by atoms with Crippen molar-refractivity contribution in [3.8, 4) is 0 Å². The van der Waals surface area contributed by atoms with Gasteiger partial charge in [-0.15, -0.1) is 0 Å². The van der Waals surface area contributed by atoms with Crippen LogP contribution in [0.2, 0.25) is 0 Å². The molecule has 1 saturated carbocycles. The summed E-state index contributed by atoms with van der Waals surface area (Å²) in [4.78, 5) is 12.3. The molecular formula is C17H25NO2. The number of hydrogen-bond acceptors (Lipinski definition) is 3. The molecule has 1 aromatic rings. The third-order valence-electron chi connectivity index (χ3n) is 4.29. The van der Waals surface area contributed by atoms with Crippen molar-refractivity contribution in [3.05, 3.63) is 35.9 Å². The van der Waals surface area contributed by atoms with Crippen LogP contribution in [0.1, 0.15) is 51.0 Å². The van der Waals surface area contributed by atoms with Gasteiger partial charge >= 0.3 is 5.97 Å². The van der Waals surface area contributed by atoms with Crippen LogP contribution in [0.25, 0.3) is 0 Å². The van der Waals surface area contributed by atoms with E-state index in [9.17, 15) is 4.79 Å². The number of rotatable bonds is 4. The van der Waals surface area contributed by atoms with E-state index in [4.69, 9.17) is 10.5 Å². The number of benzene rings is 1. The fourth-order valence-corrected chi connectivity index (χ4v) is 2.79. The van der Waals surface area contributed by atoms with E-state index in [-0.39, 0.29) is 18.0 Å². The molecule has 3 heteroatoms. The lowest BCUT2D eigenvalue weighted by molar-refractivity contribution is -0.153. The minimum absolute atomic E-state index is 0.0632. The molecule has 1 aliphatic rings. The van der Waals surface area contributed by atoms with Crippen molar-refractivity contribution in [3.63, 3.8) is 0 Å². The third kappa shape index (κ3) is 3.83. The van der Waals surface area contributed by atoms with Gasteiger partial charge in [0.15, 0.2) is 0 Å². The molecule has 0 aliphatic heterocycles. The van der Waals surface area contributed by atoms with Crippen molar-refractivity contribution in [2.45, 2.75) is 51.6 Å². The zero-order valence-corrected chi connectivity index (χ0v) is 12.5. The molecule has 0 amide bonds. The Bertz CT molecular complexity index is 432. The van der Waals surface area contributed by atoms with Crippen molar-refractivity contribution >= 4 is 5.97 Å².